The van der Waals surface area contributed by atoms with Crippen molar-refractivity contribution in [1.82, 2.24) is 9.97 Å². The van der Waals surface area contributed by atoms with Gasteiger partial charge in [-0.1, -0.05) is 6.07 Å². The van der Waals surface area contributed by atoms with Gasteiger partial charge in [-0.05, 0) is 43.3 Å². The van der Waals surface area contributed by atoms with E-state index in [1.54, 1.807) is 25.3 Å². The maximum absolute atomic E-state index is 12.2. The molecule has 9 nitrogen and oxygen atoms in total. The van der Waals surface area contributed by atoms with E-state index in [4.69, 9.17) is 14.2 Å². The zero-order chi connectivity index (χ0) is 23.0. The van der Waals surface area contributed by atoms with Crippen molar-refractivity contribution in [3.63, 3.8) is 0 Å². The molecule has 3 aromatic rings. The molecule has 1 aliphatic rings. The second kappa shape index (κ2) is 10.6. The number of aryl methyl sites for hydroxylation is 1. The molecule has 0 bridgehead atoms. The molecular weight excluding hydrogens is 422 g/mol. The average Bonchev–Trinajstić information content (AvgIpc) is 2.84. The number of nitrogens with one attached hydrogen (secondary N) is 2. The first-order valence-corrected chi connectivity index (χ1v) is 10.7. The van der Waals surface area contributed by atoms with E-state index in [1.165, 1.54) is 0 Å². The molecule has 4 rings (SSSR count). The van der Waals surface area contributed by atoms with Gasteiger partial charge < -0.3 is 29.7 Å². The van der Waals surface area contributed by atoms with Crippen molar-refractivity contribution >= 4 is 29.0 Å². The number of anilines is 4. The largest absolute Gasteiger partial charge is 0.497 e. The van der Waals surface area contributed by atoms with Crippen LogP contribution in [0.5, 0.6) is 11.5 Å². The van der Waals surface area contributed by atoms with Crippen LogP contribution in [0.15, 0.2) is 54.6 Å². The van der Waals surface area contributed by atoms with E-state index in [0.717, 1.165) is 24.5 Å². The lowest BCUT2D eigenvalue weighted by atomic mass is 10.2. The van der Waals surface area contributed by atoms with Gasteiger partial charge in [0.15, 0.2) is 6.61 Å². The maximum atomic E-state index is 12.2. The molecule has 0 atom stereocenters. The monoisotopic (exact) mass is 449 g/mol. The molecule has 1 amide bonds. The molecule has 0 aliphatic carbocycles. The second-order valence-electron chi connectivity index (χ2n) is 7.51. The van der Waals surface area contributed by atoms with E-state index in [9.17, 15) is 4.79 Å². The normalized spacial score (nSPS) is 13.3. The minimum Gasteiger partial charge on any atom is -0.497 e. The van der Waals surface area contributed by atoms with Gasteiger partial charge in [0.05, 0.1) is 20.3 Å². The van der Waals surface area contributed by atoms with E-state index in [2.05, 4.69) is 25.5 Å². The van der Waals surface area contributed by atoms with E-state index >= 15 is 0 Å². The van der Waals surface area contributed by atoms with Crippen LogP contribution in [0.3, 0.4) is 0 Å². The van der Waals surface area contributed by atoms with E-state index in [0.29, 0.717) is 42.2 Å². The highest BCUT2D eigenvalue weighted by atomic mass is 16.5. The van der Waals surface area contributed by atoms with Crippen molar-refractivity contribution < 1.29 is 19.0 Å². The van der Waals surface area contributed by atoms with Gasteiger partial charge in [0, 0.05) is 42.3 Å². The summed E-state index contributed by atoms with van der Waals surface area (Å²) in [7, 11) is 1.58. The molecule has 0 unspecified atom stereocenters. The summed E-state index contributed by atoms with van der Waals surface area (Å²) >= 11 is 0. The molecule has 1 aromatic heterocycles. The van der Waals surface area contributed by atoms with Gasteiger partial charge in [0.1, 0.15) is 17.3 Å². The molecule has 33 heavy (non-hydrogen) atoms. The number of morpholine rings is 1. The van der Waals surface area contributed by atoms with Crippen LogP contribution in [0.4, 0.5) is 23.1 Å². The summed E-state index contributed by atoms with van der Waals surface area (Å²) in [5, 5.41) is 6.13. The standard InChI is InChI=1S/C24H27N5O4/c1-17-14-22(28-24(25-17)29-10-12-32-13-11-29)26-18-6-8-19(9-7-18)27-23(30)16-33-21-5-3-4-20(15-21)31-2/h3-9,14-15H,10-13,16H2,1-2H3,(H,27,30)(H,25,26,28). The summed E-state index contributed by atoms with van der Waals surface area (Å²) in [4.78, 5) is 23.5. The van der Waals surface area contributed by atoms with Crippen molar-refractivity contribution in [3.05, 3.63) is 60.3 Å². The van der Waals surface area contributed by atoms with Crippen molar-refractivity contribution in [2.24, 2.45) is 0 Å². The number of hydrogen-bond donors (Lipinski definition) is 2. The SMILES string of the molecule is COc1cccc(OCC(=O)Nc2ccc(Nc3cc(C)nc(N4CCOCC4)n3)cc2)c1. The Kier molecular flexibility index (Phi) is 7.21. The van der Waals surface area contributed by atoms with Gasteiger partial charge in [-0.2, -0.15) is 4.98 Å². The molecule has 1 aliphatic heterocycles. The number of carbonyl (C=O) groups excluding carboxylic acids is 1. The molecule has 2 N–H and O–H groups in total. The van der Waals surface area contributed by atoms with Crippen molar-refractivity contribution in [2.75, 3.05) is 55.6 Å². The first-order valence-electron chi connectivity index (χ1n) is 10.7. The summed E-state index contributed by atoms with van der Waals surface area (Å²) in [6.07, 6.45) is 0. The molecule has 0 spiro atoms. The first-order chi connectivity index (χ1) is 16.1. The van der Waals surface area contributed by atoms with Crippen LogP contribution < -0.4 is 25.0 Å². The minimum absolute atomic E-state index is 0.0995. The van der Waals surface area contributed by atoms with Crippen LogP contribution in [0.1, 0.15) is 5.69 Å². The number of hydrogen-bond acceptors (Lipinski definition) is 8. The summed E-state index contributed by atoms with van der Waals surface area (Å²) in [6, 6.07) is 16.4. The van der Waals surface area contributed by atoms with Crippen LogP contribution in [-0.4, -0.2) is 55.9 Å². The minimum atomic E-state index is -0.250. The predicted octanol–water partition coefficient (Wildman–Crippen LogP) is 3.39. The Balaban J connectivity index is 1.32. The third-order valence-corrected chi connectivity index (χ3v) is 4.99. The smallest absolute Gasteiger partial charge is 0.262 e. The fraction of sp³-hybridized carbons (Fsp3) is 0.292. The number of benzene rings is 2. The number of aromatic nitrogens is 2. The van der Waals surface area contributed by atoms with Crippen LogP contribution in [-0.2, 0) is 9.53 Å². The summed E-state index contributed by atoms with van der Waals surface area (Å²) in [5.74, 6) is 2.40. The number of rotatable bonds is 8. The van der Waals surface area contributed by atoms with Gasteiger partial charge >= 0.3 is 0 Å². The molecular formula is C24H27N5O4. The Hall–Kier alpha value is -3.85. The third-order valence-electron chi connectivity index (χ3n) is 4.99. The van der Waals surface area contributed by atoms with Crippen LogP contribution >= 0.6 is 0 Å². The number of nitrogens with zero attached hydrogens (tertiary/aromatic N) is 3. The van der Waals surface area contributed by atoms with Gasteiger partial charge in [0.25, 0.3) is 5.91 Å². The zero-order valence-electron chi connectivity index (χ0n) is 18.7. The Morgan fingerprint density at radius 1 is 1.03 bits per heavy atom. The Labute approximate surface area is 192 Å². The first kappa shape index (κ1) is 22.3. The Bertz CT molecular complexity index is 1080. The van der Waals surface area contributed by atoms with Crippen molar-refractivity contribution in [3.8, 4) is 11.5 Å². The summed E-state index contributed by atoms with van der Waals surface area (Å²) in [6.45, 7) is 4.76. The number of ether oxygens (including phenoxy) is 3. The van der Waals surface area contributed by atoms with E-state index < -0.39 is 0 Å². The molecule has 2 aromatic carbocycles. The molecule has 0 radical (unpaired) electrons. The van der Waals surface area contributed by atoms with Gasteiger partial charge in [-0.15, -0.1) is 0 Å². The van der Waals surface area contributed by atoms with E-state index in [1.807, 2.05) is 43.3 Å². The predicted molar refractivity (Wildman–Crippen MR) is 127 cm³/mol. The molecule has 172 valence electrons. The Morgan fingerprint density at radius 2 is 1.76 bits per heavy atom. The lowest BCUT2D eigenvalue weighted by Crippen LogP contribution is -2.37. The molecule has 9 heteroatoms. The van der Waals surface area contributed by atoms with E-state index in [-0.39, 0.29) is 12.5 Å². The van der Waals surface area contributed by atoms with Crippen LogP contribution in [0.2, 0.25) is 0 Å². The van der Waals surface area contributed by atoms with Crippen molar-refractivity contribution in [1.29, 1.82) is 0 Å². The molecule has 1 saturated heterocycles. The zero-order valence-corrected chi connectivity index (χ0v) is 18.7. The fourth-order valence-electron chi connectivity index (χ4n) is 3.34. The highest BCUT2D eigenvalue weighted by molar-refractivity contribution is 5.92. The topological polar surface area (TPSA) is 97.8 Å². The highest BCUT2D eigenvalue weighted by Crippen LogP contribution is 2.21. The Morgan fingerprint density at radius 3 is 2.52 bits per heavy atom. The molecule has 0 saturated carbocycles. The number of amides is 1. The molecule has 2 heterocycles. The lowest BCUT2D eigenvalue weighted by molar-refractivity contribution is -0.118. The van der Waals surface area contributed by atoms with Gasteiger partial charge in [-0.25, -0.2) is 4.98 Å². The number of methoxy groups -OCH3 is 1. The summed E-state index contributed by atoms with van der Waals surface area (Å²) < 4.78 is 16.1. The summed E-state index contributed by atoms with van der Waals surface area (Å²) in [5.41, 5.74) is 2.41. The van der Waals surface area contributed by atoms with Gasteiger partial charge in [0.2, 0.25) is 5.95 Å². The fourth-order valence-corrected chi connectivity index (χ4v) is 3.34. The van der Waals surface area contributed by atoms with Crippen molar-refractivity contribution in [2.45, 2.75) is 6.92 Å². The average molecular weight is 450 g/mol. The number of carbonyl (C=O) groups is 1. The lowest BCUT2D eigenvalue weighted by Gasteiger charge is -2.27. The van der Waals surface area contributed by atoms with Crippen LogP contribution in [0, 0.1) is 6.92 Å². The molecule has 1 fully saturated rings. The highest BCUT2D eigenvalue weighted by Gasteiger charge is 2.15. The van der Waals surface area contributed by atoms with Crippen LogP contribution in [0.25, 0.3) is 0 Å². The quantitative estimate of drug-likeness (QED) is 0.540. The maximum Gasteiger partial charge on any atom is 0.262 e. The second-order valence-corrected chi connectivity index (χ2v) is 7.51. The third kappa shape index (κ3) is 6.33. The van der Waals surface area contributed by atoms with Gasteiger partial charge in [-0.3, -0.25) is 4.79 Å².